The van der Waals surface area contributed by atoms with E-state index in [1.165, 1.54) is 5.56 Å². The zero-order chi connectivity index (χ0) is 22.8. The van der Waals surface area contributed by atoms with Crippen molar-refractivity contribution in [2.24, 2.45) is 0 Å². The predicted molar refractivity (Wildman–Crippen MR) is 127 cm³/mol. The first kappa shape index (κ1) is 21.1. The molecule has 2 amide bonds. The third-order valence-electron chi connectivity index (χ3n) is 5.43. The summed E-state index contributed by atoms with van der Waals surface area (Å²) in [6, 6.07) is 9.97. The van der Waals surface area contributed by atoms with E-state index in [0.29, 0.717) is 16.5 Å². The summed E-state index contributed by atoms with van der Waals surface area (Å²) in [5.74, 6) is 0.874. The predicted octanol–water partition coefficient (Wildman–Crippen LogP) is 3.61. The summed E-state index contributed by atoms with van der Waals surface area (Å²) in [6.07, 6.45) is 7.26. The first-order valence-electron chi connectivity index (χ1n) is 10.5. The lowest BCUT2D eigenvalue weighted by Crippen LogP contribution is -2.29. The Balaban J connectivity index is 1.32. The number of carbonyl (C=O) groups excluding carboxylic acids is 2. The molecule has 1 saturated heterocycles. The Hall–Kier alpha value is -3.79. The molecule has 0 spiro atoms. The van der Waals surface area contributed by atoms with Crippen LogP contribution in [0, 0.1) is 6.92 Å². The van der Waals surface area contributed by atoms with Crippen molar-refractivity contribution < 1.29 is 9.59 Å². The second-order valence-corrected chi connectivity index (χ2v) is 8.90. The molecule has 5 rings (SSSR count). The highest BCUT2D eigenvalue weighted by Gasteiger charge is 2.26. The summed E-state index contributed by atoms with van der Waals surface area (Å²) in [5.41, 5.74) is 4.85. The maximum Gasteiger partial charge on any atom is 0.290 e. The van der Waals surface area contributed by atoms with Crippen molar-refractivity contribution in [1.29, 1.82) is 0 Å². The minimum Gasteiger partial charge on any atom is -0.351 e. The van der Waals surface area contributed by atoms with Gasteiger partial charge in [0.15, 0.2) is 0 Å². The summed E-state index contributed by atoms with van der Waals surface area (Å²) in [6.45, 7) is 2.06. The van der Waals surface area contributed by atoms with Crippen LogP contribution >= 0.6 is 11.8 Å². The normalized spacial score (nSPS) is 18.7. The Labute approximate surface area is 194 Å². The Bertz CT molecular complexity index is 1280. The molecule has 33 heavy (non-hydrogen) atoms. The zero-order valence-corrected chi connectivity index (χ0v) is 18.6. The van der Waals surface area contributed by atoms with Gasteiger partial charge in [-0.3, -0.25) is 14.9 Å². The second kappa shape index (κ2) is 8.99. The van der Waals surface area contributed by atoms with Crippen molar-refractivity contribution in [2.45, 2.75) is 32.2 Å². The van der Waals surface area contributed by atoms with Crippen molar-refractivity contribution in [3.8, 4) is 0 Å². The third-order valence-corrected chi connectivity index (χ3v) is 6.24. The number of amides is 2. The molecule has 3 N–H and O–H groups in total. The van der Waals surface area contributed by atoms with Crippen LogP contribution in [0.2, 0.25) is 0 Å². The molecule has 1 aliphatic carbocycles. The number of imide groups is 1. The van der Waals surface area contributed by atoms with Crippen LogP contribution in [0.4, 0.5) is 22.2 Å². The minimum atomic E-state index is -0.407. The van der Waals surface area contributed by atoms with Gasteiger partial charge in [0, 0.05) is 29.2 Å². The van der Waals surface area contributed by atoms with E-state index >= 15 is 0 Å². The Morgan fingerprint density at radius 3 is 2.91 bits per heavy atom. The molecule has 3 aromatic rings. The molecular weight excluding hydrogens is 438 g/mol. The van der Waals surface area contributed by atoms with Gasteiger partial charge in [-0.2, -0.15) is 0 Å². The van der Waals surface area contributed by atoms with E-state index in [1.54, 1.807) is 24.7 Å². The highest BCUT2D eigenvalue weighted by molar-refractivity contribution is 8.18. The average molecular weight is 460 g/mol. The topological polar surface area (TPSA) is 122 Å². The van der Waals surface area contributed by atoms with E-state index in [4.69, 9.17) is 0 Å². The van der Waals surface area contributed by atoms with Crippen molar-refractivity contribution in [3.63, 3.8) is 0 Å². The average Bonchev–Trinajstić information content (AvgIpc) is 3.11. The standard InChI is InChI=1S/C23H21N7O2S/c1-13-3-2-4-14(9-13)27-20-17-10-15(5-6-18(17)25-12-26-20)28-22-24-8-7-16(29-22)11-19-21(31)30-23(32)33-19/h2-4,7-9,11-12,15H,5-6,10H2,1H3,(H,24,28,29)(H,25,26,27)(H,30,31,32). The van der Waals surface area contributed by atoms with Gasteiger partial charge in [-0.25, -0.2) is 19.9 Å². The lowest BCUT2D eigenvalue weighted by atomic mass is 9.92. The second-order valence-electron chi connectivity index (χ2n) is 7.88. The number of hydrogen-bond donors (Lipinski definition) is 3. The van der Waals surface area contributed by atoms with Crippen LogP contribution in [0.3, 0.4) is 0 Å². The van der Waals surface area contributed by atoms with Gasteiger partial charge in [0.05, 0.1) is 10.6 Å². The number of hydrogen-bond acceptors (Lipinski definition) is 9. The van der Waals surface area contributed by atoms with Crippen molar-refractivity contribution in [3.05, 3.63) is 70.3 Å². The highest BCUT2D eigenvalue weighted by atomic mass is 32.2. The maximum absolute atomic E-state index is 11.8. The van der Waals surface area contributed by atoms with E-state index in [9.17, 15) is 9.59 Å². The molecule has 1 aliphatic heterocycles. The van der Waals surface area contributed by atoms with Crippen molar-refractivity contribution in [1.82, 2.24) is 25.3 Å². The van der Waals surface area contributed by atoms with E-state index in [-0.39, 0.29) is 11.3 Å². The SMILES string of the molecule is Cc1cccc(Nc2ncnc3c2CC(Nc2nccc(C=C4SC(=O)NC4=O)n2)CC3)c1. The summed E-state index contributed by atoms with van der Waals surface area (Å²) >= 11 is 0.865. The number of nitrogens with zero attached hydrogens (tertiary/aromatic N) is 4. The molecule has 9 nitrogen and oxygen atoms in total. The molecule has 1 atom stereocenters. The molecule has 1 aromatic carbocycles. The van der Waals surface area contributed by atoms with Gasteiger partial charge in [-0.15, -0.1) is 0 Å². The highest BCUT2D eigenvalue weighted by Crippen LogP contribution is 2.29. The first-order chi connectivity index (χ1) is 16.0. The molecule has 10 heteroatoms. The molecule has 1 fully saturated rings. The van der Waals surface area contributed by atoms with Gasteiger partial charge in [-0.1, -0.05) is 12.1 Å². The monoisotopic (exact) mass is 459 g/mol. The van der Waals surface area contributed by atoms with Gasteiger partial charge < -0.3 is 10.6 Å². The Morgan fingerprint density at radius 2 is 2.09 bits per heavy atom. The lowest BCUT2D eigenvalue weighted by molar-refractivity contribution is -0.115. The lowest BCUT2D eigenvalue weighted by Gasteiger charge is -2.26. The molecule has 2 aromatic heterocycles. The molecule has 0 bridgehead atoms. The van der Waals surface area contributed by atoms with Crippen molar-refractivity contribution >= 4 is 46.4 Å². The fourth-order valence-corrected chi connectivity index (χ4v) is 4.56. The number of aromatic nitrogens is 4. The van der Waals surface area contributed by atoms with Crippen molar-refractivity contribution in [2.75, 3.05) is 10.6 Å². The Morgan fingerprint density at radius 1 is 1.18 bits per heavy atom. The molecule has 166 valence electrons. The van der Waals surface area contributed by atoms with E-state index in [2.05, 4.69) is 54.9 Å². The molecule has 1 unspecified atom stereocenters. The van der Waals surface area contributed by atoms with Gasteiger partial charge in [0.2, 0.25) is 5.95 Å². The fourth-order valence-electron chi connectivity index (χ4n) is 3.89. The van der Waals surface area contributed by atoms with Gasteiger partial charge in [-0.05, 0) is 67.8 Å². The number of aryl methyl sites for hydroxylation is 2. The number of carbonyl (C=O) groups is 2. The number of nitrogens with one attached hydrogen (secondary N) is 3. The molecule has 3 heterocycles. The smallest absolute Gasteiger partial charge is 0.290 e. The van der Waals surface area contributed by atoms with Crippen LogP contribution in [0.25, 0.3) is 6.08 Å². The third kappa shape index (κ3) is 4.85. The van der Waals surface area contributed by atoms with Crippen LogP contribution in [0.15, 0.2) is 47.8 Å². The number of thioether (sulfide) groups is 1. The number of benzene rings is 1. The van der Waals surface area contributed by atoms with Gasteiger partial charge in [0.25, 0.3) is 11.1 Å². The number of anilines is 3. The summed E-state index contributed by atoms with van der Waals surface area (Å²) in [4.78, 5) is 41.3. The summed E-state index contributed by atoms with van der Waals surface area (Å²) < 4.78 is 0. The number of fused-ring (bicyclic) bond motifs is 1. The van der Waals surface area contributed by atoms with E-state index < -0.39 is 5.91 Å². The van der Waals surface area contributed by atoms with Crippen LogP contribution in [0.1, 0.15) is 28.9 Å². The Kier molecular flexibility index (Phi) is 5.74. The molecule has 0 saturated carbocycles. The van der Waals surface area contributed by atoms with Crippen LogP contribution in [-0.4, -0.2) is 37.1 Å². The largest absolute Gasteiger partial charge is 0.351 e. The molecule has 0 radical (unpaired) electrons. The van der Waals surface area contributed by atoms with Crippen LogP contribution in [-0.2, 0) is 17.6 Å². The van der Waals surface area contributed by atoms with Crippen LogP contribution in [0.5, 0.6) is 0 Å². The fraction of sp³-hybridized carbons (Fsp3) is 0.217. The van der Waals surface area contributed by atoms with E-state index in [0.717, 1.165) is 53.8 Å². The molecular formula is C23H21N7O2S. The van der Waals surface area contributed by atoms with Gasteiger partial charge in [0.1, 0.15) is 12.1 Å². The molecule has 2 aliphatic rings. The first-order valence-corrected chi connectivity index (χ1v) is 11.4. The zero-order valence-electron chi connectivity index (χ0n) is 17.8. The summed E-state index contributed by atoms with van der Waals surface area (Å²) in [5, 5.41) is 8.69. The maximum atomic E-state index is 11.8. The quantitative estimate of drug-likeness (QED) is 0.491. The van der Waals surface area contributed by atoms with Crippen LogP contribution < -0.4 is 16.0 Å². The minimum absolute atomic E-state index is 0.107. The summed E-state index contributed by atoms with van der Waals surface area (Å²) in [7, 11) is 0. The number of rotatable bonds is 5. The van der Waals surface area contributed by atoms with E-state index in [1.807, 2.05) is 12.1 Å². The van der Waals surface area contributed by atoms with Gasteiger partial charge >= 0.3 is 0 Å².